The second kappa shape index (κ2) is 9.90. The zero-order chi connectivity index (χ0) is 29.3. The van der Waals surface area contributed by atoms with E-state index in [-0.39, 0.29) is 0 Å². The van der Waals surface area contributed by atoms with E-state index in [9.17, 15) is 0 Å². The molecular formula is C35H33N7O2. The Balaban J connectivity index is 1.04. The lowest BCUT2D eigenvalue weighted by molar-refractivity contribution is -0.188. The lowest BCUT2D eigenvalue weighted by Crippen LogP contribution is -2.65. The molecule has 9 nitrogen and oxygen atoms in total. The third kappa shape index (κ3) is 4.26. The van der Waals surface area contributed by atoms with Gasteiger partial charge in [0.25, 0.3) is 0 Å². The number of nitrogens with zero attached hydrogens (tertiary/aromatic N) is 5. The summed E-state index contributed by atoms with van der Waals surface area (Å²) in [6, 6.07) is 19.3. The monoisotopic (exact) mass is 583 g/mol. The molecule has 2 fully saturated rings. The molecule has 0 saturated carbocycles. The van der Waals surface area contributed by atoms with Crippen molar-refractivity contribution < 1.29 is 9.47 Å². The number of H-pyrrole nitrogens is 2. The van der Waals surface area contributed by atoms with E-state index in [1.54, 1.807) is 0 Å². The maximum Gasteiger partial charge on any atom is 0.176 e. The first-order valence-electron chi connectivity index (χ1n) is 15.4. The summed E-state index contributed by atoms with van der Waals surface area (Å²) in [6.07, 6.45) is 7.89. The highest BCUT2D eigenvalue weighted by atomic mass is 16.5. The number of unbranched alkanes of at least 4 members (excludes halogenated alkanes) is 1. The molecule has 0 radical (unpaired) electrons. The first kappa shape index (κ1) is 25.7. The largest absolute Gasteiger partial charge is 0.451 e. The molecule has 2 N–H and O–H groups in total. The summed E-state index contributed by atoms with van der Waals surface area (Å²) in [7, 11) is 0. The number of hydrogen-bond acceptors (Lipinski definition) is 7. The minimum atomic E-state index is 0.462. The fraction of sp³-hybridized carbons (Fsp3) is 0.286. The number of anilines is 2. The molecule has 220 valence electrons. The summed E-state index contributed by atoms with van der Waals surface area (Å²) in [5.74, 6) is 2.49. The molecule has 0 atom stereocenters. The van der Waals surface area contributed by atoms with Crippen LogP contribution in [-0.4, -0.2) is 69.7 Å². The van der Waals surface area contributed by atoms with Crippen molar-refractivity contribution in [3.05, 3.63) is 78.8 Å². The highest BCUT2D eigenvalue weighted by molar-refractivity contribution is 5.88. The third-order valence-electron chi connectivity index (χ3n) is 9.47. The lowest BCUT2D eigenvalue weighted by atomic mass is 9.78. The van der Waals surface area contributed by atoms with E-state index in [4.69, 9.17) is 14.5 Å². The van der Waals surface area contributed by atoms with Crippen molar-refractivity contribution in [2.24, 2.45) is 5.41 Å². The number of fused-ring (bicyclic) bond motifs is 4. The average molecular weight is 584 g/mol. The Morgan fingerprint density at radius 1 is 0.773 bits per heavy atom. The van der Waals surface area contributed by atoms with Gasteiger partial charge in [0, 0.05) is 47.6 Å². The predicted octanol–water partition coefficient (Wildman–Crippen LogP) is 6.83. The zero-order valence-corrected chi connectivity index (χ0v) is 24.6. The van der Waals surface area contributed by atoms with E-state index < -0.39 is 0 Å². The minimum absolute atomic E-state index is 0.462. The maximum absolute atomic E-state index is 6.68. The van der Waals surface area contributed by atoms with Crippen molar-refractivity contribution in [2.45, 2.75) is 19.8 Å². The van der Waals surface area contributed by atoms with Gasteiger partial charge in [0.15, 0.2) is 17.3 Å². The van der Waals surface area contributed by atoms with E-state index in [0.29, 0.717) is 5.41 Å². The number of benzene rings is 3. The van der Waals surface area contributed by atoms with Crippen LogP contribution in [0.15, 0.2) is 73.2 Å². The number of rotatable bonds is 7. The van der Waals surface area contributed by atoms with E-state index in [0.717, 1.165) is 106 Å². The first-order chi connectivity index (χ1) is 21.6. The van der Waals surface area contributed by atoms with Crippen molar-refractivity contribution in [2.75, 3.05) is 44.3 Å². The smallest absolute Gasteiger partial charge is 0.176 e. The molecule has 0 bridgehead atoms. The Morgan fingerprint density at radius 2 is 1.50 bits per heavy atom. The second-order valence-electron chi connectivity index (χ2n) is 12.7. The topological polar surface area (TPSA) is 95.2 Å². The standard InChI is InChI=1S/C35H33N7O2/c1-22-10-31-32(14-28(22)24-5-7-30-27(12-24)17-38-40-30)44-33-13-25(23-4-6-29-26(11-23)16-37-39-29)15-36-34(33)42(31)9-3-2-8-41-18-35(19-41)20-43-21-35/h4-7,10-17H,2-3,8-9,18-21H2,1H3,(H,37,39)(H,38,40). The van der Waals surface area contributed by atoms with E-state index in [2.05, 4.69) is 91.7 Å². The van der Waals surface area contributed by atoms with E-state index in [1.807, 2.05) is 18.6 Å². The van der Waals surface area contributed by atoms with Gasteiger partial charge >= 0.3 is 0 Å². The van der Waals surface area contributed by atoms with Crippen LogP contribution in [0.2, 0.25) is 0 Å². The van der Waals surface area contributed by atoms with Crippen LogP contribution in [0, 0.1) is 12.3 Å². The van der Waals surface area contributed by atoms with Gasteiger partial charge < -0.3 is 19.3 Å². The summed E-state index contributed by atoms with van der Waals surface area (Å²) >= 11 is 0. The fourth-order valence-electron chi connectivity index (χ4n) is 7.08. The number of nitrogens with one attached hydrogen (secondary N) is 2. The van der Waals surface area contributed by atoms with Crippen molar-refractivity contribution in [3.63, 3.8) is 0 Å². The molecule has 3 aliphatic heterocycles. The van der Waals surface area contributed by atoms with Gasteiger partial charge in [-0.2, -0.15) is 10.2 Å². The predicted molar refractivity (Wildman–Crippen MR) is 172 cm³/mol. The Hall–Kier alpha value is -4.73. The van der Waals surface area contributed by atoms with Crippen molar-refractivity contribution in [3.8, 4) is 33.8 Å². The summed E-state index contributed by atoms with van der Waals surface area (Å²) in [5, 5.41) is 16.6. The number of ether oxygens (including phenoxy) is 2. The number of likely N-dealkylation sites (tertiary alicyclic amines) is 1. The number of aromatic nitrogens is 5. The molecule has 0 amide bonds. The van der Waals surface area contributed by atoms with Gasteiger partial charge in [-0.3, -0.25) is 10.2 Å². The molecule has 9 rings (SSSR count). The Labute approximate surface area is 254 Å². The highest BCUT2D eigenvalue weighted by Gasteiger charge is 2.48. The van der Waals surface area contributed by atoms with E-state index >= 15 is 0 Å². The van der Waals surface area contributed by atoms with Crippen molar-refractivity contribution in [1.29, 1.82) is 0 Å². The molecule has 44 heavy (non-hydrogen) atoms. The molecule has 3 aromatic heterocycles. The second-order valence-corrected chi connectivity index (χ2v) is 12.7. The molecule has 9 heteroatoms. The molecule has 0 aliphatic carbocycles. The third-order valence-corrected chi connectivity index (χ3v) is 9.47. The SMILES string of the molecule is Cc1cc2c(cc1-c1ccc3[nH]ncc3c1)Oc1cc(-c3ccc4[nH]ncc4c3)cnc1N2CCCCN1CC2(COC2)C1. The molecule has 0 unspecified atom stereocenters. The van der Waals surface area contributed by atoms with Gasteiger partial charge in [-0.25, -0.2) is 4.98 Å². The van der Waals surface area contributed by atoms with E-state index in [1.165, 1.54) is 18.7 Å². The fourth-order valence-corrected chi connectivity index (χ4v) is 7.08. The minimum Gasteiger partial charge on any atom is -0.451 e. The van der Waals surface area contributed by atoms with Crippen LogP contribution in [0.25, 0.3) is 44.1 Å². The van der Waals surface area contributed by atoms with Gasteiger partial charge in [0.2, 0.25) is 0 Å². The number of aryl methyl sites for hydroxylation is 1. The molecule has 3 aromatic carbocycles. The number of pyridine rings is 1. The van der Waals surface area contributed by atoms with Crippen LogP contribution in [0.1, 0.15) is 18.4 Å². The van der Waals surface area contributed by atoms with Crippen LogP contribution in [0.5, 0.6) is 11.5 Å². The van der Waals surface area contributed by atoms with Crippen LogP contribution < -0.4 is 9.64 Å². The summed E-state index contributed by atoms with van der Waals surface area (Å²) < 4.78 is 12.1. The summed E-state index contributed by atoms with van der Waals surface area (Å²) in [4.78, 5) is 9.92. The zero-order valence-electron chi connectivity index (χ0n) is 24.6. The molecule has 1 spiro atoms. The van der Waals surface area contributed by atoms with Crippen LogP contribution in [-0.2, 0) is 4.74 Å². The summed E-state index contributed by atoms with van der Waals surface area (Å²) in [6.45, 7) is 8.41. The normalized spacial score (nSPS) is 16.9. The Kier molecular flexibility index (Phi) is 5.79. The molecule has 3 aliphatic rings. The van der Waals surface area contributed by atoms with Crippen molar-refractivity contribution >= 4 is 33.3 Å². The van der Waals surface area contributed by atoms with Gasteiger partial charge in [0.1, 0.15) is 0 Å². The Bertz CT molecular complexity index is 2030. The Morgan fingerprint density at radius 3 is 2.25 bits per heavy atom. The first-order valence-corrected chi connectivity index (χ1v) is 15.4. The van der Waals surface area contributed by atoms with Gasteiger partial charge in [-0.05, 0) is 91.0 Å². The van der Waals surface area contributed by atoms with Crippen LogP contribution in [0.3, 0.4) is 0 Å². The average Bonchev–Trinajstić information content (AvgIpc) is 3.67. The summed E-state index contributed by atoms with van der Waals surface area (Å²) in [5.41, 5.74) is 9.16. The molecule has 6 aromatic rings. The molecule has 6 heterocycles. The molecular weight excluding hydrogens is 550 g/mol. The highest BCUT2D eigenvalue weighted by Crippen LogP contribution is 2.49. The van der Waals surface area contributed by atoms with Crippen LogP contribution in [0.4, 0.5) is 11.5 Å². The van der Waals surface area contributed by atoms with Crippen molar-refractivity contribution in [1.82, 2.24) is 30.3 Å². The maximum atomic E-state index is 6.68. The number of hydrogen-bond donors (Lipinski definition) is 2. The van der Waals surface area contributed by atoms with Gasteiger partial charge in [0.05, 0.1) is 42.3 Å². The quantitative estimate of drug-likeness (QED) is 0.199. The van der Waals surface area contributed by atoms with Gasteiger partial charge in [-0.1, -0.05) is 12.1 Å². The lowest BCUT2D eigenvalue weighted by Gasteiger charge is -2.55. The van der Waals surface area contributed by atoms with Gasteiger partial charge in [-0.15, -0.1) is 0 Å². The number of aromatic amines is 2. The molecule has 2 saturated heterocycles. The van der Waals surface area contributed by atoms with Crippen LogP contribution >= 0.6 is 0 Å².